The number of benzene rings is 2. The van der Waals surface area contributed by atoms with Crippen LogP contribution in [0.25, 0.3) is 0 Å². The van der Waals surface area contributed by atoms with Gasteiger partial charge in [0, 0.05) is 5.56 Å². The van der Waals surface area contributed by atoms with Crippen molar-refractivity contribution in [3.63, 3.8) is 0 Å². The third-order valence-electron chi connectivity index (χ3n) is 3.19. The summed E-state index contributed by atoms with van der Waals surface area (Å²) in [4.78, 5) is 21.3. The zero-order chi connectivity index (χ0) is 17.9. The zero-order valence-corrected chi connectivity index (χ0v) is 13.8. The average molecular weight is 341 g/mol. The molecule has 0 atom stereocenters. The molecule has 0 radical (unpaired) electrons. The molecule has 0 fully saturated rings. The summed E-state index contributed by atoms with van der Waals surface area (Å²) < 4.78 is 5.34. The number of rotatable bonds is 9. The van der Waals surface area contributed by atoms with E-state index in [1.807, 2.05) is 36.4 Å². The third kappa shape index (κ3) is 5.65. The first-order valence-electron chi connectivity index (χ1n) is 7.51. The highest BCUT2D eigenvalue weighted by Crippen LogP contribution is 2.12. The molecule has 2 rings (SSSR count). The van der Waals surface area contributed by atoms with Crippen LogP contribution in [0.4, 0.5) is 0 Å². The molecule has 25 heavy (non-hydrogen) atoms. The van der Waals surface area contributed by atoms with E-state index in [1.54, 1.807) is 18.2 Å². The fourth-order valence-corrected chi connectivity index (χ4v) is 2.07. The Morgan fingerprint density at radius 3 is 2.52 bits per heavy atom. The molecule has 0 bridgehead atoms. The van der Waals surface area contributed by atoms with Crippen molar-refractivity contribution in [1.82, 2.24) is 0 Å². The molecule has 2 aromatic carbocycles. The fraction of sp³-hybridized carbons (Fsp3) is 0.167. The monoisotopic (exact) mass is 341 g/mol. The second kappa shape index (κ2) is 9.71. The summed E-state index contributed by atoms with van der Waals surface area (Å²) in [5.74, 6) is -0.686. The first-order chi connectivity index (χ1) is 12.2. The van der Waals surface area contributed by atoms with Crippen molar-refractivity contribution in [2.24, 2.45) is 16.0 Å². The molecular weight excluding hydrogens is 322 g/mol. The van der Waals surface area contributed by atoms with E-state index < -0.39 is 5.91 Å². The maximum Gasteiger partial charge on any atom is 0.271 e. The Hall–Kier alpha value is -3.35. The summed E-state index contributed by atoms with van der Waals surface area (Å²) in [6.07, 6.45) is 1.21. The second-order valence-electron chi connectivity index (χ2n) is 4.92. The van der Waals surface area contributed by atoms with Crippen molar-refractivity contribution >= 4 is 18.0 Å². The van der Waals surface area contributed by atoms with E-state index in [-0.39, 0.29) is 12.3 Å². The van der Waals surface area contributed by atoms with E-state index in [2.05, 4.69) is 15.1 Å². The molecule has 0 spiro atoms. The molecule has 0 aliphatic carbocycles. The Labute approximate surface area is 145 Å². The van der Waals surface area contributed by atoms with Crippen molar-refractivity contribution < 1.29 is 19.2 Å². The Morgan fingerprint density at radius 2 is 1.80 bits per heavy atom. The Balaban J connectivity index is 1.91. The van der Waals surface area contributed by atoms with Crippen LogP contribution >= 0.6 is 0 Å². The van der Waals surface area contributed by atoms with Gasteiger partial charge in [0.2, 0.25) is 6.40 Å². The van der Waals surface area contributed by atoms with Crippen LogP contribution in [0.5, 0.6) is 0 Å². The van der Waals surface area contributed by atoms with Gasteiger partial charge in [-0.2, -0.15) is 0 Å². The SMILES string of the molecule is CON=C(C(N)=O)c1ccccc1COC=NOCc1ccccc1. The van der Waals surface area contributed by atoms with Crippen molar-refractivity contribution in [3.05, 3.63) is 71.3 Å². The Bertz CT molecular complexity index is 745. The van der Waals surface area contributed by atoms with E-state index in [4.69, 9.17) is 15.3 Å². The van der Waals surface area contributed by atoms with Gasteiger partial charge < -0.3 is 20.1 Å². The number of carbonyl (C=O) groups is 1. The zero-order valence-electron chi connectivity index (χ0n) is 13.8. The fourth-order valence-electron chi connectivity index (χ4n) is 2.07. The predicted molar refractivity (Wildman–Crippen MR) is 93.7 cm³/mol. The molecule has 0 aliphatic heterocycles. The predicted octanol–water partition coefficient (Wildman–Crippen LogP) is 2.20. The van der Waals surface area contributed by atoms with Crippen LogP contribution in [0.3, 0.4) is 0 Å². The summed E-state index contributed by atoms with van der Waals surface area (Å²) >= 11 is 0. The number of nitrogens with two attached hydrogens (primary N) is 1. The molecule has 7 heteroatoms. The molecule has 0 saturated heterocycles. The number of hydrogen-bond donors (Lipinski definition) is 1. The van der Waals surface area contributed by atoms with Gasteiger partial charge in [0.05, 0.1) is 0 Å². The lowest BCUT2D eigenvalue weighted by Gasteiger charge is -2.08. The van der Waals surface area contributed by atoms with Gasteiger partial charge in [-0.3, -0.25) is 4.79 Å². The van der Waals surface area contributed by atoms with Gasteiger partial charge in [0.1, 0.15) is 20.3 Å². The van der Waals surface area contributed by atoms with Crippen molar-refractivity contribution in [1.29, 1.82) is 0 Å². The number of hydrogen-bond acceptors (Lipinski definition) is 6. The topological polar surface area (TPSA) is 95.5 Å². The lowest BCUT2D eigenvalue weighted by Crippen LogP contribution is -2.25. The van der Waals surface area contributed by atoms with E-state index in [1.165, 1.54) is 13.5 Å². The number of nitrogens with zero attached hydrogens (tertiary/aromatic N) is 2. The van der Waals surface area contributed by atoms with Gasteiger partial charge in [0.15, 0.2) is 5.71 Å². The van der Waals surface area contributed by atoms with E-state index >= 15 is 0 Å². The summed E-state index contributed by atoms with van der Waals surface area (Å²) in [5, 5.41) is 7.41. The molecule has 2 N–H and O–H groups in total. The van der Waals surface area contributed by atoms with Crippen LogP contribution in [0.2, 0.25) is 0 Å². The number of carbonyl (C=O) groups excluding carboxylic acids is 1. The van der Waals surface area contributed by atoms with Crippen LogP contribution in [-0.4, -0.2) is 25.1 Å². The average Bonchev–Trinajstić information content (AvgIpc) is 2.63. The van der Waals surface area contributed by atoms with Crippen LogP contribution in [0, 0.1) is 0 Å². The highest BCUT2D eigenvalue weighted by atomic mass is 16.6. The molecule has 0 heterocycles. The van der Waals surface area contributed by atoms with Crippen molar-refractivity contribution in [3.8, 4) is 0 Å². The van der Waals surface area contributed by atoms with Gasteiger partial charge in [-0.25, -0.2) is 0 Å². The summed E-state index contributed by atoms with van der Waals surface area (Å²) in [6.45, 7) is 0.522. The van der Waals surface area contributed by atoms with Crippen molar-refractivity contribution in [2.75, 3.05) is 7.11 Å². The summed E-state index contributed by atoms with van der Waals surface area (Å²) in [5.41, 5.74) is 7.62. The lowest BCUT2D eigenvalue weighted by molar-refractivity contribution is -0.112. The van der Waals surface area contributed by atoms with Crippen molar-refractivity contribution in [2.45, 2.75) is 13.2 Å². The molecule has 0 aromatic heterocycles. The second-order valence-corrected chi connectivity index (χ2v) is 4.92. The third-order valence-corrected chi connectivity index (χ3v) is 3.19. The van der Waals surface area contributed by atoms with Gasteiger partial charge in [0.25, 0.3) is 5.91 Å². The molecule has 1 amide bonds. The first-order valence-corrected chi connectivity index (χ1v) is 7.51. The minimum absolute atomic E-state index is 0.0268. The van der Waals surface area contributed by atoms with E-state index in [9.17, 15) is 4.79 Å². The Morgan fingerprint density at radius 1 is 1.08 bits per heavy atom. The smallest absolute Gasteiger partial charge is 0.271 e. The molecule has 0 saturated carbocycles. The number of ether oxygens (including phenoxy) is 1. The minimum Gasteiger partial charge on any atom is -0.476 e. The van der Waals surface area contributed by atoms with E-state index in [0.717, 1.165) is 5.56 Å². The molecule has 2 aromatic rings. The molecule has 0 unspecified atom stereocenters. The normalized spacial score (nSPS) is 11.3. The molecular formula is C18H19N3O4. The molecule has 0 aliphatic rings. The number of amides is 1. The maximum atomic E-state index is 11.5. The lowest BCUT2D eigenvalue weighted by atomic mass is 10.0. The van der Waals surface area contributed by atoms with Crippen LogP contribution in [0.15, 0.2) is 64.9 Å². The summed E-state index contributed by atoms with van der Waals surface area (Å²) in [6, 6.07) is 16.7. The molecule has 130 valence electrons. The largest absolute Gasteiger partial charge is 0.476 e. The van der Waals surface area contributed by atoms with Gasteiger partial charge in [-0.15, -0.1) is 0 Å². The van der Waals surface area contributed by atoms with E-state index in [0.29, 0.717) is 17.7 Å². The maximum absolute atomic E-state index is 11.5. The molecule has 7 nitrogen and oxygen atoms in total. The first kappa shape index (κ1) is 18.0. The standard InChI is InChI=1S/C18H19N3O4/c1-23-21-17(18(19)22)16-10-6-5-9-15(16)12-24-13-20-25-11-14-7-3-2-4-8-14/h2-10,13H,11-12H2,1H3,(H2,19,22). The van der Waals surface area contributed by atoms with Gasteiger partial charge in [-0.1, -0.05) is 64.9 Å². The number of primary amides is 1. The minimum atomic E-state index is -0.686. The highest BCUT2D eigenvalue weighted by molar-refractivity contribution is 6.45. The Kier molecular flexibility index (Phi) is 6.99. The summed E-state index contributed by atoms with van der Waals surface area (Å²) in [7, 11) is 1.35. The highest BCUT2D eigenvalue weighted by Gasteiger charge is 2.15. The van der Waals surface area contributed by atoms with Crippen LogP contribution in [-0.2, 0) is 32.4 Å². The van der Waals surface area contributed by atoms with Crippen LogP contribution in [0.1, 0.15) is 16.7 Å². The van der Waals surface area contributed by atoms with Gasteiger partial charge >= 0.3 is 0 Å². The quantitative estimate of drug-likeness (QED) is 0.430. The number of oxime groups is 2. The van der Waals surface area contributed by atoms with Gasteiger partial charge in [-0.05, 0) is 11.1 Å². The van der Waals surface area contributed by atoms with Crippen LogP contribution < -0.4 is 5.73 Å².